The van der Waals surface area contributed by atoms with Crippen molar-refractivity contribution in [2.75, 3.05) is 11.9 Å². The number of anilines is 1. The van der Waals surface area contributed by atoms with E-state index in [1.54, 1.807) is 36.7 Å². The van der Waals surface area contributed by atoms with Crippen molar-refractivity contribution < 1.29 is 9.59 Å². The van der Waals surface area contributed by atoms with Gasteiger partial charge in [0.05, 0.1) is 6.54 Å². The third-order valence-electron chi connectivity index (χ3n) is 2.72. The zero-order valence-electron chi connectivity index (χ0n) is 12.1. The molecule has 2 N–H and O–H groups in total. The predicted octanol–water partition coefficient (Wildman–Crippen LogP) is 1.82. The van der Waals surface area contributed by atoms with Crippen LogP contribution in [0, 0.1) is 11.8 Å². The van der Waals surface area contributed by atoms with Crippen molar-refractivity contribution in [3.8, 4) is 11.8 Å². The van der Waals surface area contributed by atoms with E-state index in [2.05, 4.69) is 27.5 Å². The first-order valence-corrected chi connectivity index (χ1v) is 6.70. The highest BCUT2D eigenvalue weighted by Gasteiger charge is 2.01. The van der Waals surface area contributed by atoms with Crippen LogP contribution in [0.4, 0.5) is 5.69 Å². The molecular weight excluding hydrogens is 278 g/mol. The highest BCUT2D eigenvalue weighted by molar-refractivity contribution is 5.94. The summed E-state index contributed by atoms with van der Waals surface area (Å²) in [6, 6.07) is 10.5. The second kappa shape index (κ2) is 7.60. The molecule has 0 atom stereocenters. The summed E-state index contributed by atoms with van der Waals surface area (Å²) in [5, 5.41) is 5.39. The number of nitrogens with one attached hydrogen (secondary N) is 2. The van der Waals surface area contributed by atoms with Crippen molar-refractivity contribution >= 4 is 17.5 Å². The number of carbonyl (C=O) groups is 2. The Hall–Kier alpha value is -3.13. The standard InChI is InChI=1S/C17H15N3O2/c1-13(21)20-16-6-4-14(5-7-16)3-2-10-19-17(22)15-8-11-18-12-9-15/h4-9,11-12H,10H2,1H3,(H,19,22)(H,20,21). The minimum Gasteiger partial charge on any atom is -0.341 e. The van der Waals surface area contributed by atoms with E-state index in [1.165, 1.54) is 6.92 Å². The number of rotatable bonds is 3. The van der Waals surface area contributed by atoms with Crippen LogP contribution >= 0.6 is 0 Å². The van der Waals surface area contributed by atoms with Gasteiger partial charge in [0.25, 0.3) is 5.91 Å². The lowest BCUT2D eigenvalue weighted by atomic mass is 10.2. The SMILES string of the molecule is CC(=O)Nc1ccc(C#CCNC(=O)c2ccncc2)cc1. The Morgan fingerprint density at radius 2 is 1.77 bits per heavy atom. The maximum absolute atomic E-state index is 11.8. The van der Waals surface area contributed by atoms with Crippen LogP contribution in [0.3, 0.4) is 0 Å². The van der Waals surface area contributed by atoms with Crippen molar-refractivity contribution in [1.82, 2.24) is 10.3 Å². The number of carbonyl (C=O) groups excluding carboxylic acids is 2. The van der Waals surface area contributed by atoms with Gasteiger partial charge < -0.3 is 10.6 Å². The van der Waals surface area contributed by atoms with Gasteiger partial charge in [-0.3, -0.25) is 14.6 Å². The predicted molar refractivity (Wildman–Crippen MR) is 84.2 cm³/mol. The minimum absolute atomic E-state index is 0.113. The lowest BCUT2D eigenvalue weighted by Gasteiger charge is -2.01. The van der Waals surface area contributed by atoms with E-state index in [1.807, 2.05) is 12.1 Å². The molecular formula is C17H15N3O2. The molecule has 0 saturated heterocycles. The van der Waals surface area contributed by atoms with Gasteiger partial charge in [-0.05, 0) is 36.4 Å². The molecule has 0 fully saturated rings. The second-order valence-corrected chi connectivity index (χ2v) is 4.48. The molecule has 5 heteroatoms. The number of aromatic nitrogens is 1. The van der Waals surface area contributed by atoms with Gasteiger partial charge in [0, 0.05) is 36.1 Å². The smallest absolute Gasteiger partial charge is 0.252 e. The quantitative estimate of drug-likeness (QED) is 0.848. The molecule has 0 unspecified atom stereocenters. The van der Waals surface area contributed by atoms with Crippen LogP contribution in [0.1, 0.15) is 22.8 Å². The molecule has 22 heavy (non-hydrogen) atoms. The molecule has 1 heterocycles. The van der Waals surface area contributed by atoms with Crippen LogP contribution in [0.5, 0.6) is 0 Å². The molecule has 5 nitrogen and oxygen atoms in total. The first-order valence-electron chi connectivity index (χ1n) is 6.70. The summed E-state index contributed by atoms with van der Waals surface area (Å²) < 4.78 is 0. The summed E-state index contributed by atoms with van der Waals surface area (Å²) in [5.41, 5.74) is 2.09. The molecule has 0 aliphatic rings. The average molecular weight is 293 g/mol. The Balaban J connectivity index is 1.86. The Kier molecular flexibility index (Phi) is 5.27. The third kappa shape index (κ3) is 4.76. The average Bonchev–Trinajstić information content (AvgIpc) is 2.53. The van der Waals surface area contributed by atoms with Crippen molar-refractivity contribution in [3.63, 3.8) is 0 Å². The van der Waals surface area contributed by atoms with E-state index < -0.39 is 0 Å². The van der Waals surface area contributed by atoms with Crippen molar-refractivity contribution in [1.29, 1.82) is 0 Å². The Morgan fingerprint density at radius 3 is 2.41 bits per heavy atom. The second-order valence-electron chi connectivity index (χ2n) is 4.48. The van der Waals surface area contributed by atoms with Crippen LogP contribution in [0.2, 0.25) is 0 Å². The minimum atomic E-state index is -0.183. The number of nitrogens with zero attached hydrogens (tertiary/aromatic N) is 1. The fourth-order valence-corrected chi connectivity index (χ4v) is 1.72. The van der Waals surface area contributed by atoms with E-state index in [0.717, 1.165) is 11.3 Å². The first-order chi connectivity index (χ1) is 10.6. The van der Waals surface area contributed by atoms with Crippen molar-refractivity contribution in [2.45, 2.75) is 6.92 Å². The van der Waals surface area contributed by atoms with E-state index in [4.69, 9.17) is 0 Å². The van der Waals surface area contributed by atoms with E-state index in [0.29, 0.717) is 5.56 Å². The van der Waals surface area contributed by atoms with Crippen molar-refractivity contribution in [2.24, 2.45) is 0 Å². The Labute approximate surface area is 128 Å². The van der Waals surface area contributed by atoms with Crippen LogP contribution in [-0.2, 0) is 4.79 Å². The molecule has 0 aliphatic carbocycles. The molecule has 0 saturated carbocycles. The summed E-state index contributed by atoms with van der Waals surface area (Å²) >= 11 is 0. The molecule has 2 aromatic rings. The molecule has 1 aromatic heterocycles. The maximum Gasteiger partial charge on any atom is 0.252 e. The van der Waals surface area contributed by atoms with Gasteiger partial charge in [-0.2, -0.15) is 0 Å². The largest absolute Gasteiger partial charge is 0.341 e. The summed E-state index contributed by atoms with van der Waals surface area (Å²) in [6.07, 6.45) is 3.13. The van der Waals surface area contributed by atoms with Crippen LogP contribution < -0.4 is 10.6 Å². The summed E-state index contributed by atoms with van der Waals surface area (Å²) in [7, 11) is 0. The molecule has 110 valence electrons. The van der Waals surface area contributed by atoms with E-state index >= 15 is 0 Å². The molecule has 2 amide bonds. The number of benzene rings is 1. The van der Waals surface area contributed by atoms with Crippen LogP contribution in [0.25, 0.3) is 0 Å². The highest BCUT2D eigenvalue weighted by atomic mass is 16.2. The first kappa shape index (κ1) is 15.3. The lowest BCUT2D eigenvalue weighted by Crippen LogP contribution is -2.23. The van der Waals surface area contributed by atoms with Gasteiger partial charge in [-0.1, -0.05) is 11.8 Å². The van der Waals surface area contributed by atoms with E-state index in [9.17, 15) is 9.59 Å². The zero-order chi connectivity index (χ0) is 15.8. The van der Waals surface area contributed by atoms with Gasteiger partial charge >= 0.3 is 0 Å². The highest BCUT2D eigenvalue weighted by Crippen LogP contribution is 2.08. The molecule has 0 radical (unpaired) electrons. The van der Waals surface area contributed by atoms with Gasteiger partial charge in [0.15, 0.2) is 0 Å². The normalized spacial score (nSPS) is 9.32. The topological polar surface area (TPSA) is 71.1 Å². The fourth-order valence-electron chi connectivity index (χ4n) is 1.72. The molecule has 0 aliphatic heterocycles. The van der Waals surface area contributed by atoms with Crippen LogP contribution in [-0.4, -0.2) is 23.3 Å². The number of hydrogen-bond acceptors (Lipinski definition) is 3. The number of pyridine rings is 1. The molecule has 1 aromatic carbocycles. The molecule has 0 spiro atoms. The number of hydrogen-bond donors (Lipinski definition) is 2. The fraction of sp³-hybridized carbons (Fsp3) is 0.118. The zero-order valence-corrected chi connectivity index (χ0v) is 12.1. The lowest BCUT2D eigenvalue weighted by molar-refractivity contribution is -0.114. The Morgan fingerprint density at radius 1 is 1.09 bits per heavy atom. The van der Waals surface area contributed by atoms with Gasteiger partial charge in [0.1, 0.15) is 0 Å². The van der Waals surface area contributed by atoms with E-state index in [-0.39, 0.29) is 18.4 Å². The van der Waals surface area contributed by atoms with Gasteiger partial charge in [0.2, 0.25) is 5.91 Å². The maximum atomic E-state index is 11.8. The summed E-state index contributed by atoms with van der Waals surface area (Å²) in [6.45, 7) is 1.72. The Bertz CT molecular complexity index is 713. The van der Waals surface area contributed by atoms with Gasteiger partial charge in [-0.15, -0.1) is 0 Å². The third-order valence-corrected chi connectivity index (χ3v) is 2.72. The summed E-state index contributed by atoms with van der Waals surface area (Å²) in [4.78, 5) is 26.5. The van der Waals surface area contributed by atoms with Crippen molar-refractivity contribution in [3.05, 3.63) is 59.9 Å². The summed E-state index contributed by atoms with van der Waals surface area (Å²) in [5.74, 6) is 5.52. The monoisotopic (exact) mass is 293 g/mol. The van der Waals surface area contributed by atoms with Gasteiger partial charge in [-0.25, -0.2) is 0 Å². The number of amides is 2. The van der Waals surface area contributed by atoms with Crippen LogP contribution in [0.15, 0.2) is 48.8 Å². The molecule has 0 bridgehead atoms. The molecule has 2 rings (SSSR count).